The van der Waals surface area contributed by atoms with Gasteiger partial charge in [-0.3, -0.25) is 39.0 Å². The standard InChI is InChI=1S/C39H46BrN7O10/c1-45-22-26(20-27(23-45)43-29-21-42-46(2)39(53)34(29)40)24-6-8-25(9-7-24)35(49)41-12-13-54-14-15-55-16-17-56-18-19-57-31-5-3-4-28-33(31)38(52)47(37(28)51)30-10-11-32(48)44-36(30)50/h3-9,21,26-27,30,43H,10-20,22-23H2,1-2H3,(H,41,49)(H,44,48,50)/t26-,27+,30?/m0/s1. The highest BCUT2D eigenvalue weighted by atomic mass is 79.9. The van der Waals surface area contributed by atoms with Crippen molar-refractivity contribution in [2.24, 2.45) is 7.05 Å². The average Bonchev–Trinajstić information content (AvgIpc) is 3.45. The Bertz CT molecular complexity index is 2030. The molecule has 3 aliphatic rings. The van der Waals surface area contributed by atoms with Crippen LogP contribution in [0.25, 0.3) is 0 Å². The first-order valence-corrected chi connectivity index (χ1v) is 19.6. The van der Waals surface area contributed by atoms with Gasteiger partial charge in [-0.25, -0.2) is 4.68 Å². The number of imide groups is 2. The van der Waals surface area contributed by atoms with Crippen molar-refractivity contribution in [3.8, 4) is 5.75 Å². The Morgan fingerprint density at radius 2 is 1.60 bits per heavy atom. The number of carbonyl (C=O) groups is 5. The van der Waals surface area contributed by atoms with Gasteiger partial charge < -0.3 is 34.5 Å². The number of nitrogens with one attached hydrogen (secondary N) is 3. The number of ether oxygens (including phenoxy) is 4. The molecule has 2 saturated heterocycles. The van der Waals surface area contributed by atoms with E-state index in [2.05, 4.69) is 48.9 Å². The minimum absolute atomic E-state index is 0.0406. The van der Waals surface area contributed by atoms with Crippen LogP contribution in [0.3, 0.4) is 0 Å². The van der Waals surface area contributed by atoms with Gasteiger partial charge >= 0.3 is 0 Å². The summed E-state index contributed by atoms with van der Waals surface area (Å²) in [6.07, 6.45) is 2.63. The summed E-state index contributed by atoms with van der Waals surface area (Å²) in [5.74, 6) is -2.06. The molecule has 57 heavy (non-hydrogen) atoms. The first-order chi connectivity index (χ1) is 27.5. The van der Waals surface area contributed by atoms with Crippen LogP contribution in [-0.2, 0) is 30.8 Å². The number of hydrogen-bond acceptors (Lipinski definition) is 13. The van der Waals surface area contributed by atoms with Crippen LogP contribution >= 0.6 is 15.9 Å². The van der Waals surface area contributed by atoms with Gasteiger partial charge in [0.15, 0.2) is 0 Å². The number of nitrogens with zero attached hydrogens (tertiary/aromatic N) is 4. The molecule has 1 aromatic heterocycles. The molecule has 0 aliphatic carbocycles. The minimum atomic E-state index is -1.05. The van der Waals surface area contributed by atoms with Gasteiger partial charge in [-0.05, 0) is 71.6 Å². The van der Waals surface area contributed by atoms with E-state index in [1.54, 1.807) is 25.4 Å². The number of aryl methyl sites for hydroxylation is 1. The van der Waals surface area contributed by atoms with E-state index in [1.807, 2.05) is 24.3 Å². The lowest BCUT2D eigenvalue weighted by Gasteiger charge is -2.37. The number of hydrogen-bond donors (Lipinski definition) is 3. The highest BCUT2D eigenvalue weighted by Crippen LogP contribution is 2.34. The molecule has 3 N–H and O–H groups in total. The summed E-state index contributed by atoms with van der Waals surface area (Å²) in [5.41, 5.74) is 2.41. The SMILES string of the molecule is CN1C[C@H](Nc2cnn(C)c(=O)c2Br)C[C@H](c2ccc(C(=O)NCCOCCOCCOCCOc3cccc4c3C(=O)N(C3CCC(=O)NC3=O)C4=O)cc2)C1. The van der Waals surface area contributed by atoms with E-state index >= 15 is 0 Å². The number of fused-ring (bicyclic) bond motifs is 1. The Kier molecular flexibility index (Phi) is 14.2. The normalized spacial score (nSPS) is 19.7. The van der Waals surface area contributed by atoms with Gasteiger partial charge in [0.2, 0.25) is 11.8 Å². The number of rotatable bonds is 18. The topological polar surface area (TPSA) is 200 Å². The van der Waals surface area contributed by atoms with Gasteiger partial charge in [-0.1, -0.05) is 18.2 Å². The summed E-state index contributed by atoms with van der Waals surface area (Å²) in [5, 5.41) is 12.7. The maximum Gasteiger partial charge on any atom is 0.282 e. The molecule has 3 aromatic rings. The molecule has 0 bridgehead atoms. The number of anilines is 1. The van der Waals surface area contributed by atoms with Crippen LogP contribution in [0.4, 0.5) is 5.69 Å². The third-order valence-corrected chi connectivity index (χ3v) is 10.7. The molecule has 6 rings (SSSR count). The summed E-state index contributed by atoms with van der Waals surface area (Å²) >= 11 is 3.39. The van der Waals surface area contributed by atoms with Gasteiger partial charge in [0.25, 0.3) is 23.3 Å². The van der Waals surface area contributed by atoms with Crippen LogP contribution in [-0.4, -0.2) is 134 Å². The van der Waals surface area contributed by atoms with Crippen molar-refractivity contribution in [2.75, 3.05) is 78.2 Å². The summed E-state index contributed by atoms with van der Waals surface area (Å²) in [6, 6.07) is 11.4. The number of halogens is 1. The van der Waals surface area contributed by atoms with Crippen LogP contribution in [0.15, 0.2) is 57.9 Å². The molecule has 17 nitrogen and oxygen atoms in total. The number of piperidine rings is 2. The highest BCUT2D eigenvalue weighted by Gasteiger charge is 2.46. The van der Waals surface area contributed by atoms with E-state index in [0.29, 0.717) is 55.3 Å². The van der Waals surface area contributed by atoms with Gasteiger partial charge in [-0.2, -0.15) is 5.10 Å². The first kappa shape index (κ1) is 41.6. The Morgan fingerprint density at radius 1 is 0.895 bits per heavy atom. The van der Waals surface area contributed by atoms with Crippen molar-refractivity contribution in [1.82, 2.24) is 30.2 Å². The van der Waals surface area contributed by atoms with Crippen molar-refractivity contribution in [3.63, 3.8) is 0 Å². The lowest BCUT2D eigenvalue weighted by atomic mass is 9.87. The molecule has 0 saturated carbocycles. The fraction of sp³-hybridized carbons (Fsp3) is 0.462. The third-order valence-electron chi connectivity index (χ3n) is 9.91. The summed E-state index contributed by atoms with van der Waals surface area (Å²) in [4.78, 5) is 78.1. The van der Waals surface area contributed by atoms with E-state index in [0.717, 1.165) is 30.0 Å². The fourth-order valence-corrected chi connectivity index (χ4v) is 7.57. The molecule has 5 amide bonds. The maximum absolute atomic E-state index is 13.2. The molecule has 2 fully saturated rings. The molecule has 304 valence electrons. The largest absolute Gasteiger partial charge is 0.490 e. The van der Waals surface area contributed by atoms with Gasteiger partial charge in [0.05, 0.1) is 62.7 Å². The van der Waals surface area contributed by atoms with Crippen LogP contribution in [0.2, 0.25) is 0 Å². The van der Waals surface area contributed by atoms with Crippen LogP contribution in [0.5, 0.6) is 5.75 Å². The van der Waals surface area contributed by atoms with Crippen LogP contribution in [0, 0.1) is 0 Å². The Labute approximate surface area is 337 Å². The molecule has 3 atom stereocenters. The second-order valence-electron chi connectivity index (χ2n) is 14.0. The zero-order valence-corrected chi connectivity index (χ0v) is 33.4. The maximum atomic E-state index is 13.2. The monoisotopic (exact) mass is 851 g/mol. The molecule has 2 aromatic carbocycles. The molecule has 3 aliphatic heterocycles. The Hall–Kier alpha value is -5.01. The van der Waals surface area contributed by atoms with Crippen molar-refractivity contribution in [2.45, 2.75) is 37.3 Å². The molecule has 0 spiro atoms. The molecule has 18 heteroatoms. The number of benzene rings is 2. The second-order valence-corrected chi connectivity index (χ2v) is 14.8. The smallest absolute Gasteiger partial charge is 0.282 e. The molecule has 1 unspecified atom stereocenters. The van der Waals surface area contributed by atoms with E-state index < -0.39 is 29.7 Å². The van der Waals surface area contributed by atoms with E-state index in [9.17, 15) is 28.8 Å². The average molecular weight is 853 g/mol. The predicted molar refractivity (Wildman–Crippen MR) is 209 cm³/mol. The van der Waals surface area contributed by atoms with Gasteiger partial charge in [0.1, 0.15) is 22.9 Å². The molecular formula is C39H46BrN7O10. The van der Waals surface area contributed by atoms with Crippen LogP contribution in [0.1, 0.15) is 61.8 Å². The van der Waals surface area contributed by atoms with Gasteiger partial charge in [-0.15, -0.1) is 0 Å². The second kappa shape index (κ2) is 19.4. The van der Waals surface area contributed by atoms with Crippen molar-refractivity contribution in [1.29, 1.82) is 0 Å². The summed E-state index contributed by atoms with van der Waals surface area (Å²) in [6.45, 7) is 4.00. The minimum Gasteiger partial charge on any atom is -0.490 e. The number of likely N-dealkylation sites (tertiary alicyclic amines) is 1. The molecule has 0 radical (unpaired) electrons. The van der Waals surface area contributed by atoms with Crippen molar-refractivity contribution < 1.29 is 42.9 Å². The van der Waals surface area contributed by atoms with E-state index in [1.165, 1.54) is 10.7 Å². The quantitative estimate of drug-likeness (QED) is 0.124. The number of carbonyl (C=O) groups excluding carboxylic acids is 5. The summed E-state index contributed by atoms with van der Waals surface area (Å²) < 4.78 is 24.2. The molecular weight excluding hydrogens is 806 g/mol. The van der Waals surface area contributed by atoms with E-state index in [4.69, 9.17) is 18.9 Å². The lowest BCUT2D eigenvalue weighted by Crippen LogP contribution is -2.54. The third kappa shape index (κ3) is 10.3. The predicted octanol–water partition coefficient (Wildman–Crippen LogP) is 1.70. The van der Waals surface area contributed by atoms with E-state index in [-0.39, 0.29) is 66.4 Å². The van der Waals surface area contributed by atoms with Crippen LogP contribution < -0.4 is 26.2 Å². The molecule has 4 heterocycles. The Morgan fingerprint density at radius 3 is 2.32 bits per heavy atom. The number of aromatic nitrogens is 2. The van der Waals surface area contributed by atoms with Crippen molar-refractivity contribution in [3.05, 3.63) is 85.7 Å². The number of likely N-dealkylation sites (N-methyl/N-ethyl adjacent to an activating group) is 1. The zero-order valence-electron chi connectivity index (χ0n) is 31.8. The first-order valence-electron chi connectivity index (χ1n) is 18.8. The highest BCUT2D eigenvalue weighted by molar-refractivity contribution is 9.10. The zero-order chi connectivity index (χ0) is 40.5. The lowest BCUT2D eigenvalue weighted by molar-refractivity contribution is -0.136. The fourth-order valence-electron chi connectivity index (χ4n) is 7.10. The Balaban J connectivity index is 0.812. The van der Waals surface area contributed by atoms with Crippen molar-refractivity contribution >= 4 is 51.2 Å². The number of amides is 5. The van der Waals surface area contributed by atoms with Gasteiger partial charge in [0, 0.05) is 44.7 Å². The summed E-state index contributed by atoms with van der Waals surface area (Å²) in [7, 11) is 3.68.